The molecule has 4 rings (SSSR count). The number of carbonyl (C=O) groups is 2. The lowest BCUT2D eigenvalue weighted by Gasteiger charge is -2.19. The molecule has 1 amide bonds. The van der Waals surface area contributed by atoms with Crippen LogP contribution in [-0.4, -0.2) is 30.6 Å². The van der Waals surface area contributed by atoms with Crippen LogP contribution in [0.3, 0.4) is 0 Å². The van der Waals surface area contributed by atoms with E-state index in [4.69, 9.17) is 14.6 Å². The molecule has 3 aromatic rings. The molecule has 0 radical (unpaired) electrons. The van der Waals surface area contributed by atoms with Crippen LogP contribution in [0.1, 0.15) is 40.9 Å². The Labute approximate surface area is 199 Å². The van der Waals surface area contributed by atoms with Gasteiger partial charge >= 0.3 is 5.97 Å². The van der Waals surface area contributed by atoms with Crippen LogP contribution in [0, 0.1) is 5.92 Å². The molecule has 0 unspecified atom stereocenters. The molecule has 0 aromatic heterocycles. The Morgan fingerprint density at radius 2 is 1.76 bits per heavy atom. The lowest BCUT2D eigenvalue weighted by Crippen LogP contribution is -2.30. The Hall–Kier alpha value is -4.06. The van der Waals surface area contributed by atoms with Gasteiger partial charge in [-0.3, -0.25) is 4.79 Å². The molecule has 1 N–H and O–H groups in total. The van der Waals surface area contributed by atoms with E-state index in [1.54, 1.807) is 31.4 Å². The molecule has 0 aliphatic carbocycles. The van der Waals surface area contributed by atoms with E-state index in [1.165, 1.54) is 0 Å². The molecule has 0 bridgehead atoms. The molecule has 1 heterocycles. The second kappa shape index (κ2) is 9.83. The minimum Gasteiger partial charge on any atom is -0.493 e. The van der Waals surface area contributed by atoms with Crippen LogP contribution >= 0.6 is 0 Å². The number of amides is 1. The Bertz CT molecular complexity index is 1240. The number of carboxylic acids is 1. The van der Waals surface area contributed by atoms with E-state index in [0.29, 0.717) is 29.5 Å². The fourth-order valence-corrected chi connectivity index (χ4v) is 3.96. The monoisotopic (exact) mass is 457 g/mol. The number of fused-ring (bicyclic) bond motifs is 1. The maximum atomic E-state index is 13.2. The smallest absolute Gasteiger partial charge is 0.335 e. The topological polar surface area (TPSA) is 76.1 Å². The number of rotatable bonds is 8. The highest BCUT2D eigenvalue weighted by molar-refractivity contribution is 6.35. The standard InChI is InChI=1S/C28H27NO5/c1-18(2)16-29-24-7-5-4-6-22(24)23(27(29)30)14-20-10-13-25(26(15-20)33-3)34-17-19-8-11-21(12-9-19)28(31)32/h4-15,18H,16-17H2,1-3H3,(H,31,32)/b23-14-. The predicted octanol–water partition coefficient (Wildman–Crippen LogP) is 5.52. The van der Waals surface area contributed by atoms with E-state index >= 15 is 0 Å². The molecule has 6 nitrogen and oxygen atoms in total. The number of hydrogen-bond donors (Lipinski definition) is 1. The minimum atomic E-state index is -0.963. The first-order chi connectivity index (χ1) is 16.4. The Kier molecular flexibility index (Phi) is 6.68. The lowest BCUT2D eigenvalue weighted by molar-refractivity contribution is -0.113. The first-order valence-electron chi connectivity index (χ1n) is 11.1. The van der Waals surface area contributed by atoms with E-state index in [-0.39, 0.29) is 18.1 Å². The number of para-hydroxylation sites is 1. The average Bonchev–Trinajstić information content (AvgIpc) is 3.09. The average molecular weight is 458 g/mol. The summed E-state index contributed by atoms with van der Waals surface area (Å²) in [5.41, 5.74) is 4.43. The number of ether oxygens (including phenoxy) is 2. The van der Waals surface area contributed by atoms with E-state index < -0.39 is 5.97 Å². The molecular weight excluding hydrogens is 430 g/mol. The fourth-order valence-electron chi connectivity index (χ4n) is 3.96. The van der Waals surface area contributed by atoms with Crippen molar-refractivity contribution >= 4 is 29.2 Å². The number of aromatic carboxylic acids is 1. The Balaban J connectivity index is 1.56. The van der Waals surface area contributed by atoms with E-state index in [0.717, 1.165) is 22.4 Å². The zero-order valence-electron chi connectivity index (χ0n) is 19.4. The molecule has 1 aliphatic rings. The van der Waals surface area contributed by atoms with E-state index in [2.05, 4.69) is 13.8 Å². The van der Waals surface area contributed by atoms with Gasteiger partial charge in [0.15, 0.2) is 11.5 Å². The molecule has 0 spiro atoms. The first-order valence-corrected chi connectivity index (χ1v) is 11.1. The van der Waals surface area contributed by atoms with Crippen LogP contribution in [-0.2, 0) is 11.4 Å². The van der Waals surface area contributed by atoms with Crippen LogP contribution in [0.4, 0.5) is 5.69 Å². The van der Waals surface area contributed by atoms with Crippen molar-refractivity contribution in [3.8, 4) is 11.5 Å². The number of benzene rings is 3. The number of carbonyl (C=O) groups excluding carboxylic acids is 1. The Morgan fingerprint density at radius 3 is 2.44 bits per heavy atom. The van der Waals surface area contributed by atoms with Crippen LogP contribution in [0.5, 0.6) is 11.5 Å². The van der Waals surface area contributed by atoms with Gasteiger partial charge in [-0.15, -0.1) is 0 Å². The van der Waals surface area contributed by atoms with Gasteiger partial charge in [0.1, 0.15) is 6.61 Å². The van der Waals surface area contributed by atoms with Crippen molar-refractivity contribution in [3.63, 3.8) is 0 Å². The van der Waals surface area contributed by atoms with Crippen molar-refractivity contribution in [2.45, 2.75) is 20.5 Å². The van der Waals surface area contributed by atoms with Crippen molar-refractivity contribution in [1.82, 2.24) is 0 Å². The third-order valence-electron chi connectivity index (χ3n) is 5.60. The van der Waals surface area contributed by atoms with Crippen molar-refractivity contribution in [1.29, 1.82) is 0 Å². The fraction of sp³-hybridized carbons (Fsp3) is 0.214. The second-order valence-corrected chi connectivity index (χ2v) is 8.59. The van der Waals surface area contributed by atoms with Crippen LogP contribution in [0.15, 0.2) is 66.7 Å². The summed E-state index contributed by atoms with van der Waals surface area (Å²) in [6, 6.07) is 19.9. The SMILES string of the molecule is COc1cc(/C=C2\C(=O)N(CC(C)C)c3ccccc32)ccc1OCc1ccc(C(=O)O)cc1. The molecule has 174 valence electrons. The summed E-state index contributed by atoms with van der Waals surface area (Å²) in [6.45, 7) is 5.13. The van der Waals surface area contributed by atoms with Gasteiger partial charge in [-0.25, -0.2) is 4.79 Å². The largest absolute Gasteiger partial charge is 0.493 e. The summed E-state index contributed by atoms with van der Waals surface area (Å²) >= 11 is 0. The second-order valence-electron chi connectivity index (χ2n) is 8.59. The van der Waals surface area contributed by atoms with Gasteiger partial charge in [0.25, 0.3) is 5.91 Å². The van der Waals surface area contributed by atoms with Crippen molar-refractivity contribution in [2.75, 3.05) is 18.6 Å². The maximum Gasteiger partial charge on any atom is 0.335 e. The third kappa shape index (κ3) is 4.81. The normalized spacial score (nSPS) is 13.9. The highest BCUT2D eigenvalue weighted by Crippen LogP contribution is 2.39. The minimum absolute atomic E-state index is 0.000925. The van der Waals surface area contributed by atoms with Crippen molar-refractivity contribution in [3.05, 3.63) is 89.0 Å². The quantitative estimate of drug-likeness (QED) is 0.451. The highest BCUT2D eigenvalue weighted by atomic mass is 16.5. The van der Waals surface area contributed by atoms with E-state index in [1.807, 2.05) is 53.4 Å². The summed E-state index contributed by atoms with van der Waals surface area (Å²) in [7, 11) is 1.57. The Morgan fingerprint density at radius 1 is 1.03 bits per heavy atom. The van der Waals surface area contributed by atoms with Gasteiger partial charge in [-0.1, -0.05) is 50.2 Å². The molecule has 0 atom stereocenters. The molecule has 1 aliphatic heterocycles. The van der Waals surface area contributed by atoms with E-state index in [9.17, 15) is 9.59 Å². The number of carboxylic acid groups (broad SMARTS) is 1. The zero-order valence-corrected chi connectivity index (χ0v) is 19.4. The number of hydrogen-bond acceptors (Lipinski definition) is 4. The van der Waals surface area contributed by atoms with Crippen molar-refractivity contribution < 1.29 is 24.2 Å². The predicted molar refractivity (Wildman–Crippen MR) is 132 cm³/mol. The number of nitrogens with zero attached hydrogens (tertiary/aromatic N) is 1. The van der Waals surface area contributed by atoms with Gasteiger partial charge in [-0.05, 0) is 53.5 Å². The van der Waals surface area contributed by atoms with Gasteiger partial charge < -0.3 is 19.5 Å². The molecule has 6 heteroatoms. The molecular formula is C28H27NO5. The summed E-state index contributed by atoms with van der Waals surface area (Å²) in [5.74, 6) is 0.502. The van der Waals surface area contributed by atoms with Crippen LogP contribution < -0.4 is 14.4 Å². The molecule has 0 saturated heterocycles. The van der Waals surface area contributed by atoms with Gasteiger partial charge in [0, 0.05) is 17.7 Å². The highest BCUT2D eigenvalue weighted by Gasteiger charge is 2.32. The van der Waals surface area contributed by atoms with Gasteiger partial charge in [0.05, 0.1) is 18.4 Å². The summed E-state index contributed by atoms with van der Waals surface area (Å²) < 4.78 is 11.4. The summed E-state index contributed by atoms with van der Waals surface area (Å²) in [5, 5.41) is 9.03. The molecule has 0 saturated carbocycles. The molecule has 3 aromatic carbocycles. The van der Waals surface area contributed by atoms with Gasteiger partial charge in [0.2, 0.25) is 0 Å². The lowest BCUT2D eigenvalue weighted by atomic mass is 10.0. The first kappa shape index (κ1) is 23.1. The number of anilines is 1. The maximum absolute atomic E-state index is 13.2. The molecule has 34 heavy (non-hydrogen) atoms. The van der Waals surface area contributed by atoms with Gasteiger partial charge in [-0.2, -0.15) is 0 Å². The summed E-state index contributed by atoms with van der Waals surface area (Å²) in [4.78, 5) is 26.1. The van der Waals surface area contributed by atoms with Crippen LogP contribution in [0.25, 0.3) is 11.6 Å². The van der Waals surface area contributed by atoms with Crippen molar-refractivity contribution in [2.24, 2.45) is 5.92 Å². The van der Waals surface area contributed by atoms with Crippen LogP contribution in [0.2, 0.25) is 0 Å². The number of methoxy groups -OCH3 is 1. The summed E-state index contributed by atoms with van der Waals surface area (Å²) in [6.07, 6.45) is 1.89. The zero-order chi connectivity index (χ0) is 24.2. The molecule has 0 fully saturated rings. The third-order valence-corrected chi connectivity index (χ3v) is 5.60.